The normalized spacial score (nSPS) is 25.5. The van der Waals surface area contributed by atoms with Crippen molar-refractivity contribution in [2.45, 2.75) is 19.0 Å². The van der Waals surface area contributed by atoms with E-state index >= 15 is 0 Å². The minimum absolute atomic E-state index is 0.0166. The van der Waals surface area contributed by atoms with Gasteiger partial charge in [-0.05, 0) is 19.1 Å². The molecule has 0 aromatic carbocycles. The molecule has 0 saturated heterocycles. The van der Waals surface area contributed by atoms with E-state index in [9.17, 15) is 8.42 Å². The van der Waals surface area contributed by atoms with Crippen LogP contribution >= 0.6 is 0 Å². The van der Waals surface area contributed by atoms with Gasteiger partial charge in [-0.25, -0.2) is 8.42 Å². The van der Waals surface area contributed by atoms with Crippen LogP contribution in [-0.2, 0) is 9.84 Å². The summed E-state index contributed by atoms with van der Waals surface area (Å²) in [4.78, 5) is 0. The lowest BCUT2D eigenvalue weighted by Crippen LogP contribution is -2.32. The molecule has 15 heavy (non-hydrogen) atoms. The van der Waals surface area contributed by atoms with E-state index in [0.29, 0.717) is 0 Å². The fourth-order valence-corrected chi connectivity index (χ4v) is 2.87. The molecule has 0 amide bonds. The molecule has 0 spiro atoms. The SMILES string of the molecule is CC(NC1C=CS(=O)(=O)C1)c1ccco1. The summed E-state index contributed by atoms with van der Waals surface area (Å²) in [5.74, 6) is 0.950. The molecule has 4 nitrogen and oxygen atoms in total. The standard InChI is InChI=1S/C10H13NO3S/c1-8(10-3-2-5-14-10)11-9-4-6-15(12,13)7-9/h2-6,8-9,11H,7H2,1H3. The van der Waals surface area contributed by atoms with Crippen molar-refractivity contribution in [1.82, 2.24) is 5.32 Å². The molecule has 0 aliphatic carbocycles. The highest BCUT2D eigenvalue weighted by Crippen LogP contribution is 2.16. The fraction of sp³-hybridized carbons (Fsp3) is 0.400. The molecule has 0 bridgehead atoms. The smallest absolute Gasteiger partial charge is 0.173 e. The lowest BCUT2D eigenvalue weighted by Gasteiger charge is -2.15. The van der Waals surface area contributed by atoms with Crippen LogP contribution in [0.3, 0.4) is 0 Å². The largest absolute Gasteiger partial charge is 0.468 e. The lowest BCUT2D eigenvalue weighted by molar-refractivity contribution is 0.420. The fourth-order valence-electron chi connectivity index (χ4n) is 1.62. The molecule has 82 valence electrons. The number of sulfone groups is 1. The molecule has 1 aromatic heterocycles. The summed E-state index contributed by atoms with van der Waals surface area (Å²) in [5, 5.41) is 4.44. The van der Waals surface area contributed by atoms with E-state index in [1.165, 1.54) is 5.41 Å². The van der Waals surface area contributed by atoms with Crippen LogP contribution in [0, 0.1) is 0 Å². The van der Waals surface area contributed by atoms with Crippen LogP contribution in [0.2, 0.25) is 0 Å². The third kappa shape index (κ3) is 2.49. The van der Waals surface area contributed by atoms with Crippen LogP contribution in [0.1, 0.15) is 18.7 Å². The molecule has 0 fully saturated rings. The highest BCUT2D eigenvalue weighted by Gasteiger charge is 2.23. The van der Waals surface area contributed by atoms with Crippen molar-refractivity contribution in [3.8, 4) is 0 Å². The predicted molar refractivity (Wildman–Crippen MR) is 57.0 cm³/mol. The van der Waals surface area contributed by atoms with Crippen molar-refractivity contribution in [1.29, 1.82) is 0 Å². The highest BCUT2D eigenvalue weighted by atomic mass is 32.2. The van der Waals surface area contributed by atoms with Crippen molar-refractivity contribution in [2.24, 2.45) is 0 Å². The van der Waals surface area contributed by atoms with Gasteiger partial charge >= 0.3 is 0 Å². The first-order valence-electron chi connectivity index (χ1n) is 4.77. The first-order chi connectivity index (χ1) is 7.07. The predicted octanol–water partition coefficient (Wildman–Crippen LogP) is 1.24. The summed E-state index contributed by atoms with van der Waals surface area (Å²) in [6.07, 6.45) is 3.28. The average molecular weight is 227 g/mol. The van der Waals surface area contributed by atoms with Gasteiger partial charge in [0.2, 0.25) is 0 Å². The van der Waals surface area contributed by atoms with E-state index in [4.69, 9.17) is 4.42 Å². The van der Waals surface area contributed by atoms with Crippen molar-refractivity contribution < 1.29 is 12.8 Å². The van der Waals surface area contributed by atoms with E-state index in [-0.39, 0.29) is 17.8 Å². The van der Waals surface area contributed by atoms with Crippen molar-refractivity contribution in [2.75, 3.05) is 5.75 Å². The Morgan fingerprint density at radius 2 is 2.40 bits per heavy atom. The molecule has 1 aliphatic heterocycles. The molecule has 5 heteroatoms. The summed E-state index contributed by atoms with van der Waals surface area (Å²) in [5.41, 5.74) is 0. The van der Waals surface area contributed by atoms with E-state index < -0.39 is 9.84 Å². The molecular formula is C10H13NO3S. The maximum Gasteiger partial charge on any atom is 0.173 e. The van der Waals surface area contributed by atoms with E-state index in [1.807, 2.05) is 19.1 Å². The van der Waals surface area contributed by atoms with Gasteiger partial charge in [0.15, 0.2) is 9.84 Å². The van der Waals surface area contributed by atoms with Crippen LogP contribution in [-0.4, -0.2) is 20.2 Å². The Kier molecular flexibility index (Phi) is 2.67. The molecule has 0 radical (unpaired) electrons. The van der Waals surface area contributed by atoms with Gasteiger partial charge in [0.1, 0.15) is 5.76 Å². The maximum atomic E-state index is 11.2. The van der Waals surface area contributed by atoms with Crippen molar-refractivity contribution >= 4 is 9.84 Å². The zero-order chi connectivity index (χ0) is 10.9. The second-order valence-electron chi connectivity index (χ2n) is 3.67. The van der Waals surface area contributed by atoms with Gasteiger partial charge in [-0.15, -0.1) is 0 Å². The highest BCUT2D eigenvalue weighted by molar-refractivity contribution is 7.94. The summed E-state index contributed by atoms with van der Waals surface area (Å²) >= 11 is 0. The topological polar surface area (TPSA) is 59.3 Å². The van der Waals surface area contributed by atoms with E-state index in [1.54, 1.807) is 12.3 Å². The third-order valence-corrected chi connectivity index (χ3v) is 3.76. The average Bonchev–Trinajstić information content (AvgIpc) is 2.74. The number of hydrogen-bond acceptors (Lipinski definition) is 4. The molecular weight excluding hydrogens is 214 g/mol. The number of hydrogen-bond donors (Lipinski definition) is 1. The Bertz CT molecular complexity index is 447. The molecule has 2 atom stereocenters. The number of rotatable bonds is 3. The first-order valence-corrected chi connectivity index (χ1v) is 6.49. The minimum Gasteiger partial charge on any atom is -0.468 e. The zero-order valence-electron chi connectivity index (χ0n) is 8.38. The van der Waals surface area contributed by atoms with Gasteiger partial charge in [0, 0.05) is 11.4 Å². The molecule has 2 unspecified atom stereocenters. The molecule has 1 N–H and O–H groups in total. The Labute approximate surface area is 88.9 Å². The van der Waals surface area contributed by atoms with Crippen LogP contribution in [0.25, 0.3) is 0 Å². The lowest BCUT2D eigenvalue weighted by atomic mass is 10.2. The van der Waals surface area contributed by atoms with Gasteiger partial charge in [-0.1, -0.05) is 6.08 Å². The van der Waals surface area contributed by atoms with Crippen LogP contribution in [0.15, 0.2) is 34.3 Å². The second kappa shape index (κ2) is 3.83. The van der Waals surface area contributed by atoms with E-state index in [2.05, 4.69) is 5.32 Å². The second-order valence-corrected chi connectivity index (χ2v) is 5.60. The van der Waals surface area contributed by atoms with Gasteiger partial charge in [-0.3, -0.25) is 0 Å². The third-order valence-electron chi connectivity index (χ3n) is 2.36. The number of furan rings is 1. The first kappa shape index (κ1) is 10.4. The molecule has 2 heterocycles. The van der Waals surface area contributed by atoms with Crippen LogP contribution in [0.5, 0.6) is 0 Å². The van der Waals surface area contributed by atoms with E-state index in [0.717, 1.165) is 5.76 Å². The zero-order valence-corrected chi connectivity index (χ0v) is 9.20. The van der Waals surface area contributed by atoms with Gasteiger partial charge < -0.3 is 9.73 Å². The molecule has 1 aromatic rings. The summed E-state index contributed by atoms with van der Waals surface area (Å²) in [6, 6.07) is 3.58. The summed E-state index contributed by atoms with van der Waals surface area (Å²) in [6.45, 7) is 1.94. The Balaban J connectivity index is 1.97. The molecule has 0 saturated carbocycles. The Morgan fingerprint density at radius 1 is 1.60 bits per heavy atom. The Morgan fingerprint density at radius 3 is 2.93 bits per heavy atom. The maximum absolute atomic E-state index is 11.2. The van der Waals surface area contributed by atoms with Crippen LogP contribution in [0.4, 0.5) is 0 Å². The van der Waals surface area contributed by atoms with Crippen LogP contribution < -0.4 is 5.32 Å². The Hall–Kier alpha value is -1.07. The monoisotopic (exact) mass is 227 g/mol. The van der Waals surface area contributed by atoms with Gasteiger partial charge in [0.25, 0.3) is 0 Å². The number of nitrogens with one attached hydrogen (secondary N) is 1. The summed E-state index contributed by atoms with van der Waals surface area (Å²) in [7, 11) is -2.98. The summed E-state index contributed by atoms with van der Waals surface area (Å²) < 4.78 is 27.5. The van der Waals surface area contributed by atoms with Gasteiger partial charge in [-0.2, -0.15) is 0 Å². The minimum atomic E-state index is -2.98. The molecule has 2 rings (SSSR count). The molecule has 1 aliphatic rings. The van der Waals surface area contributed by atoms with Crippen molar-refractivity contribution in [3.05, 3.63) is 35.6 Å². The van der Waals surface area contributed by atoms with Gasteiger partial charge in [0.05, 0.1) is 18.1 Å². The quantitative estimate of drug-likeness (QED) is 0.844. The van der Waals surface area contributed by atoms with Crippen molar-refractivity contribution in [3.63, 3.8) is 0 Å².